The van der Waals surface area contributed by atoms with Crippen LogP contribution < -0.4 is 0 Å². The van der Waals surface area contributed by atoms with Gasteiger partial charge in [0.1, 0.15) is 11.3 Å². The van der Waals surface area contributed by atoms with Crippen molar-refractivity contribution >= 4 is 11.2 Å². The predicted octanol–water partition coefficient (Wildman–Crippen LogP) is 2.11. The highest BCUT2D eigenvalue weighted by Crippen LogP contribution is 2.25. The van der Waals surface area contributed by atoms with Crippen molar-refractivity contribution in [1.82, 2.24) is 14.5 Å². The summed E-state index contributed by atoms with van der Waals surface area (Å²) in [6.07, 6.45) is 2.51. The van der Waals surface area contributed by atoms with Gasteiger partial charge in [0.15, 0.2) is 5.65 Å². The molecule has 17 heavy (non-hydrogen) atoms. The van der Waals surface area contributed by atoms with Gasteiger partial charge in [-0.15, -0.1) is 0 Å². The van der Waals surface area contributed by atoms with Gasteiger partial charge in [-0.05, 0) is 18.6 Å². The van der Waals surface area contributed by atoms with Gasteiger partial charge in [0.05, 0.1) is 0 Å². The van der Waals surface area contributed by atoms with Crippen LogP contribution >= 0.6 is 0 Å². The molecule has 0 fully saturated rings. The molecule has 0 saturated heterocycles. The first-order valence-electron chi connectivity index (χ1n) is 5.96. The maximum atomic E-state index is 8.98. The fourth-order valence-corrected chi connectivity index (χ4v) is 1.97. The number of aryl methyl sites for hydroxylation is 1. The monoisotopic (exact) mass is 233 g/mol. The number of aliphatic hydroxyl groups is 1. The van der Waals surface area contributed by atoms with Crippen LogP contribution in [-0.4, -0.2) is 26.2 Å². The summed E-state index contributed by atoms with van der Waals surface area (Å²) < 4.78 is 2.12. The summed E-state index contributed by atoms with van der Waals surface area (Å²) >= 11 is 0. The van der Waals surface area contributed by atoms with Gasteiger partial charge in [0, 0.05) is 24.8 Å². The zero-order valence-electron chi connectivity index (χ0n) is 10.6. The zero-order valence-corrected chi connectivity index (χ0v) is 10.6. The first-order valence-corrected chi connectivity index (χ1v) is 5.96. The molecule has 0 unspecified atom stereocenters. The number of pyridine rings is 1. The molecule has 0 amide bonds. The second-order valence-electron chi connectivity index (χ2n) is 5.26. The van der Waals surface area contributed by atoms with E-state index in [4.69, 9.17) is 5.11 Å². The average Bonchev–Trinajstić information content (AvgIpc) is 2.65. The Bertz CT molecular complexity index is 511. The number of fused-ring (bicyclic) bond motifs is 1. The van der Waals surface area contributed by atoms with Crippen molar-refractivity contribution in [1.29, 1.82) is 0 Å². The lowest BCUT2D eigenvalue weighted by molar-refractivity contribution is 0.278. The zero-order chi connectivity index (χ0) is 12.5. The molecule has 0 spiro atoms. The largest absolute Gasteiger partial charge is 0.396 e. The van der Waals surface area contributed by atoms with E-state index in [2.05, 4.69) is 35.3 Å². The summed E-state index contributed by atoms with van der Waals surface area (Å²) in [6.45, 7) is 7.38. The summed E-state index contributed by atoms with van der Waals surface area (Å²) in [5.41, 5.74) is 1.82. The van der Waals surface area contributed by atoms with E-state index in [0.29, 0.717) is 0 Å². The normalized spacial score (nSPS) is 12.2. The van der Waals surface area contributed by atoms with Crippen LogP contribution in [0.25, 0.3) is 11.2 Å². The van der Waals surface area contributed by atoms with Gasteiger partial charge in [-0.25, -0.2) is 9.97 Å². The molecular formula is C13H19N3O. The summed E-state index contributed by atoms with van der Waals surface area (Å²) in [5, 5.41) is 8.98. The van der Waals surface area contributed by atoms with Crippen LogP contribution in [0.1, 0.15) is 33.0 Å². The number of nitrogens with zero attached hydrogens (tertiary/aromatic N) is 3. The van der Waals surface area contributed by atoms with E-state index < -0.39 is 0 Å². The second-order valence-corrected chi connectivity index (χ2v) is 5.26. The minimum absolute atomic E-state index is 0.0177. The van der Waals surface area contributed by atoms with Crippen molar-refractivity contribution in [2.24, 2.45) is 0 Å². The molecule has 0 saturated carbocycles. The Hall–Kier alpha value is -1.42. The SMILES string of the molecule is CC(C)(C)c1nc2cccnc2n1CCCO. The van der Waals surface area contributed by atoms with Gasteiger partial charge >= 0.3 is 0 Å². The maximum absolute atomic E-state index is 8.98. The van der Waals surface area contributed by atoms with Crippen molar-refractivity contribution in [2.75, 3.05) is 6.61 Å². The molecule has 2 aromatic rings. The molecule has 2 aromatic heterocycles. The van der Waals surface area contributed by atoms with Crippen molar-refractivity contribution in [3.63, 3.8) is 0 Å². The third-order valence-electron chi connectivity index (χ3n) is 2.71. The Morgan fingerprint density at radius 3 is 2.76 bits per heavy atom. The first kappa shape index (κ1) is 12.0. The van der Waals surface area contributed by atoms with Crippen LogP contribution in [0.3, 0.4) is 0 Å². The molecule has 0 aliphatic heterocycles. The Morgan fingerprint density at radius 1 is 1.35 bits per heavy atom. The average molecular weight is 233 g/mol. The van der Waals surface area contributed by atoms with Crippen LogP contribution in [0.5, 0.6) is 0 Å². The third-order valence-corrected chi connectivity index (χ3v) is 2.71. The first-order chi connectivity index (χ1) is 8.04. The molecule has 0 atom stereocenters. The van der Waals surface area contributed by atoms with Crippen molar-refractivity contribution in [3.05, 3.63) is 24.2 Å². The van der Waals surface area contributed by atoms with Crippen LogP contribution in [0, 0.1) is 0 Å². The summed E-state index contributed by atoms with van der Waals surface area (Å²) in [4.78, 5) is 9.04. The van der Waals surface area contributed by atoms with E-state index in [1.807, 2.05) is 12.1 Å². The number of imidazole rings is 1. The third kappa shape index (κ3) is 2.31. The highest BCUT2D eigenvalue weighted by Gasteiger charge is 2.22. The van der Waals surface area contributed by atoms with E-state index in [1.54, 1.807) is 6.20 Å². The Kier molecular flexibility index (Phi) is 3.15. The molecule has 0 radical (unpaired) electrons. The standard InChI is InChI=1S/C13H19N3O/c1-13(2,3)12-15-10-6-4-7-14-11(10)16(12)8-5-9-17/h4,6-7,17H,5,8-9H2,1-3H3. The second kappa shape index (κ2) is 4.45. The molecule has 0 aromatic carbocycles. The Labute approximate surface area is 101 Å². The van der Waals surface area contributed by atoms with Crippen molar-refractivity contribution in [2.45, 2.75) is 39.2 Å². The number of hydrogen-bond acceptors (Lipinski definition) is 3. The van der Waals surface area contributed by atoms with Crippen molar-refractivity contribution < 1.29 is 5.11 Å². The van der Waals surface area contributed by atoms with Gasteiger partial charge in [-0.3, -0.25) is 0 Å². The van der Waals surface area contributed by atoms with Crippen molar-refractivity contribution in [3.8, 4) is 0 Å². The van der Waals surface area contributed by atoms with Gasteiger partial charge < -0.3 is 9.67 Å². The molecule has 2 heterocycles. The molecule has 0 bridgehead atoms. The molecule has 1 N–H and O–H groups in total. The van der Waals surface area contributed by atoms with Crippen LogP contribution in [0.2, 0.25) is 0 Å². The molecule has 4 nitrogen and oxygen atoms in total. The van der Waals surface area contributed by atoms with Crippen LogP contribution in [-0.2, 0) is 12.0 Å². The molecule has 4 heteroatoms. The molecule has 92 valence electrons. The van der Waals surface area contributed by atoms with E-state index in [0.717, 1.165) is 30.0 Å². The molecule has 2 rings (SSSR count). The molecular weight excluding hydrogens is 214 g/mol. The topological polar surface area (TPSA) is 50.9 Å². The van der Waals surface area contributed by atoms with E-state index in [1.165, 1.54) is 0 Å². The number of aromatic nitrogens is 3. The van der Waals surface area contributed by atoms with Gasteiger partial charge in [-0.2, -0.15) is 0 Å². The minimum Gasteiger partial charge on any atom is -0.396 e. The fraction of sp³-hybridized carbons (Fsp3) is 0.538. The minimum atomic E-state index is -0.0177. The molecule has 0 aliphatic carbocycles. The highest BCUT2D eigenvalue weighted by atomic mass is 16.3. The summed E-state index contributed by atoms with van der Waals surface area (Å²) in [5.74, 6) is 1.03. The number of aliphatic hydroxyl groups excluding tert-OH is 1. The van der Waals surface area contributed by atoms with E-state index in [9.17, 15) is 0 Å². The van der Waals surface area contributed by atoms with E-state index >= 15 is 0 Å². The van der Waals surface area contributed by atoms with Gasteiger partial charge in [0.2, 0.25) is 0 Å². The number of rotatable bonds is 3. The summed E-state index contributed by atoms with van der Waals surface area (Å²) in [7, 11) is 0. The smallest absolute Gasteiger partial charge is 0.159 e. The van der Waals surface area contributed by atoms with Gasteiger partial charge in [0.25, 0.3) is 0 Å². The molecule has 0 aliphatic rings. The van der Waals surface area contributed by atoms with Crippen LogP contribution in [0.15, 0.2) is 18.3 Å². The Morgan fingerprint density at radius 2 is 2.12 bits per heavy atom. The fourth-order valence-electron chi connectivity index (χ4n) is 1.97. The summed E-state index contributed by atoms with van der Waals surface area (Å²) in [6, 6.07) is 3.88. The maximum Gasteiger partial charge on any atom is 0.159 e. The highest BCUT2D eigenvalue weighted by molar-refractivity contribution is 5.71. The van der Waals surface area contributed by atoms with Crippen LogP contribution in [0.4, 0.5) is 0 Å². The van der Waals surface area contributed by atoms with Gasteiger partial charge in [-0.1, -0.05) is 20.8 Å². The predicted molar refractivity (Wildman–Crippen MR) is 67.9 cm³/mol. The lowest BCUT2D eigenvalue weighted by Crippen LogP contribution is -2.19. The van der Waals surface area contributed by atoms with E-state index in [-0.39, 0.29) is 12.0 Å². The lowest BCUT2D eigenvalue weighted by Gasteiger charge is -2.19. The quantitative estimate of drug-likeness (QED) is 0.883. The number of hydrogen-bond donors (Lipinski definition) is 1. The Balaban J connectivity index is 2.57. The lowest BCUT2D eigenvalue weighted by atomic mass is 9.95.